The van der Waals surface area contributed by atoms with Crippen molar-refractivity contribution in [2.24, 2.45) is 5.41 Å². The van der Waals surface area contributed by atoms with Crippen LogP contribution in [0.15, 0.2) is 60.7 Å². The van der Waals surface area contributed by atoms with Crippen LogP contribution in [-0.2, 0) is 13.9 Å². The first kappa shape index (κ1) is 22.3. The van der Waals surface area contributed by atoms with Gasteiger partial charge in [0.1, 0.15) is 18.3 Å². The van der Waals surface area contributed by atoms with Crippen LogP contribution in [0.25, 0.3) is 0 Å². The van der Waals surface area contributed by atoms with E-state index in [4.69, 9.17) is 20.3 Å². The van der Waals surface area contributed by atoms with E-state index >= 15 is 0 Å². The summed E-state index contributed by atoms with van der Waals surface area (Å²) >= 11 is 0. The molecule has 2 aliphatic rings. The summed E-state index contributed by atoms with van der Waals surface area (Å²) < 4.78 is 18.9. The summed E-state index contributed by atoms with van der Waals surface area (Å²) in [7, 11) is -2.62. The number of hydrogen-bond donors (Lipinski definition) is 1. The highest BCUT2D eigenvalue weighted by Gasteiger charge is 2.80. The fourth-order valence-electron chi connectivity index (χ4n) is 4.81. The van der Waals surface area contributed by atoms with Gasteiger partial charge in [0, 0.05) is 5.41 Å². The molecule has 164 valence electrons. The molecule has 2 heterocycles. The van der Waals surface area contributed by atoms with Crippen LogP contribution in [0.1, 0.15) is 34.6 Å². The number of terminal acetylenes is 1. The Labute approximate surface area is 186 Å². The highest BCUT2D eigenvalue weighted by Crippen LogP contribution is 2.62. The van der Waals surface area contributed by atoms with E-state index in [2.05, 4.69) is 75.2 Å². The highest BCUT2D eigenvalue weighted by molar-refractivity contribution is 6.99. The predicted octanol–water partition coefficient (Wildman–Crippen LogP) is 3.08. The Morgan fingerprint density at radius 1 is 1.00 bits per heavy atom. The van der Waals surface area contributed by atoms with Gasteiger partial charge in [-0.15, -0.1) is 6.42 Å². The van der Waals surface area contributed by atoms with E-state index in [0.29, 0.717) is 6.61 Å². The number of aliphatic hydroxyl groups is 1. The van der Waals surface area contributed by atoms with Gasteiger partial charge in [-0.05, 0) is 15.4 Å². The number of ether oxygens (including phenoxy) is 2. The van der Waals surface area contributed by atoms with Gasteiger partial charge in [-0.3, -0.25) is 0 Å². The molecule has 0 bridgehead atoms. The predicted molar refractivity (Wildman–Crippen MR) is 125 cm³/mol. The fraction of sp³-hybridized carbons (Fsp3) is 0.462. The molecular formula is C26H32O4Si. The topological polar surface area (TPSA) is 54.5 Å². The fourth-order valence-corrected chi connectivity index (χ4v) is 9.37. The molecule has 4 rings (SSSR count). The number of hydrogen-bond acceptors (Lipinski definition) is 4. The van der Waals surface area contributed by atoms with Gasteiger partial charge >= 0.3 is 0 Å². The summed E-state index contributed by atoms with van der Waals surface area (Å²) in [6, 6.07) is 21.1. The number of benzene rings is 2. The van der Waals surface area contributed by atoms with Gasteiger partial charge < -0.3 is 19.0 Å². The summed E-state index contributed by atoms with van der Waals surface area (Å²) in [4.78, 5) is 0. The third-order valence-electron chi connectivity index (χ3n) is 6.73. The maximum atomic E-state index is 10.2. The van der Waals surface area contributed by atoms with Gasteiger partial charge in [-0.1, -0.05) is 101 Å². The first-order chi connectivity index (χ1) is 14.6. The molecule has 2 aromatic carbocycles. The van der Waals surface area contributed by atoms with E-state index in [-0.39, 0.29) is 17.2 Å². The molecule has 1 N–H and O–H groups in total. The number of aliphatic hydroxyl groups excluding tert-OH is 1. The summed E-state index contributed by atoms with van der Waals surface area (Å²) in [5.41, 5.74) is -0.582. The van der Waals surface area contributed by atoms with Crippen molar-refractivity contribution in [2.45, 2.75) is 63.8 Å². The lowest BCUT2D eigenvalue weighted by Crippen LogP contribution is -2.66. The van der Waals surface area contributed by atoms with E-state index in [0.717, 1.165) is 0 Å². The zero-order chi connectivity index (χ0) is 22.5. The molecule has 0 aliphatic carbocycles. The first-order valence-electron chi connectivity index (χ1n) is 10.8. The van der Waals surface area contributed by atoms with Gasteiger partial charge in [-0.25, -0.2) is 0 Å². The Bertz CT molecular complexity index is 921. The molecular weight excluding hydrogens is 404 g/mol. The minimum atomic E-state index is -2.62. The van der Waals surface area contributed by atoms with Crippen LogP contribution in [0, 0.1) is 17.8 Å². The minimum Gasteiger partial charge on any atom is -0.405 e. The monoisotopic (exact) mass is 436 g/mol. The van der Waals surface area contributed by atoms with Crippen molar-refractivity contribution in [3.8, 4) is 12.3 Å². The molecule has 5 heteroatoms. The second-order valence-electron chi connectivity index (χ2n) is 10.2. The average molecular weight is 437 g/mol. The van der Waals surface area contributed by atoms with E-state index in [1.54, 1.807) is 0 Å². The zero-order valence-corrected chi connectivity index (χ0v) is 20.0. The third-order valence-corrected chi connectivity index (χ3v) is 11.7. The second kappa shape index (κ2) is 7.58. The third kappa shape index (κ3) is 3.57. The number of rotatable bonds is 7. The van der Waals surface area contributed by atoms with Crippen LogP contribution in [0.2, 0.25) is 5.04 Å². The van der Waals surface area contributed by atoms with E-state index < -0.39 is 25.6 Å². The van der Waals surface area contributed by atoms with Gasteiger partial charge in [0.05, 0.1) is 6.61 Å². The summed E-state index contributed by atoms with van der Waals surface area (Å²) in [5.74, 6) is 1.75. The Balaban J connectivity index is 1.61. The highest BCUT2D eigenvalue weighted by atomic mass is 28.4. The molecule has 2 aromatic rings. The van der Waals surface area contributed by atoms with Crippen LogP contribution in [0.4, 0.5) is 0 Å². The molecule has 2 fully saturated rings. The van der Waals surface area contributed by atoms with Crippen LogP contribution in [-0.4, -0.2) is 44.1 Å². The SMILES string of the molecule is C#C[C@@H](O)C(C)(C)[C@@H]1O[C@@]12O[C@H]2CO[Si](c1ccccc1)(c1ccccc1)C(C)(C)C. The van der Waals surface area contributed by atoms with Gasteiger partial charge in [0.25, 0.3) is 8.32 Å². The van der Waals surface area contributed by atoms with Crippen LogP contribution in [0.5, 0.6) is 0 Å². The van der Waals surface area contributed by atoms with Crippen molar-refractivity contribution in [3.05, 3.63) is 60.7 Å². The molecule has 31 heavy (non-hydrogen) atoms. The number of epoxide rings is 2. The molecule has 2 aliphatic heterocycles. The first-order valence-corrected chi connectivity index (χ1v) is 12.8. The van der Waals surface area contributed by atoms with Crippen molar-refractivity contribution in [1.29, 1.82) is 0 Å². The molecule has 0 amide bonds. The molecule has 1 spiro atoms. The van der Waals surface area contributed by atoms with Gasteiger partial charge in [0.2, 0.25) is 5.79 Å². The summed E-state index contributed by atoms with van der Waals surface area (Å²) in [6.45, 7) is 11.0. The summed E-state index contributed by atoms with van der Waals surface area (Å²) in [6.07, 6.45) is 4.15. The molecule has 2 saturated heterocycles. The lowest BCUT2D eigenvalue weighted by Gasteiger charge is -2.43. The van der Waals surface area contributed by atoms with Crippen molar-refractivity contribution in [3.63, 3.8) is 0 Å². The Morgan fingerprint density at radius 2 is 1.52 bits per heavy atom. The molecule has 0 radical (unpaired) electrons. The molecule has 0 aromatic heterocycles. The minimum absolute atomic E-state index is 0.0967. The Hall–Kier alpha value is -1.94. The zero-order valence-electron chi connectivity index (χ0n) is 19.0. The van der Waals surface area contributed by atoms with E-state index in [1.807, 2.05) is 26.0 Å². The Morgan fingerprint density at radius 3 is 1.97 bits per heavy atom. The quantitative estimate of drug-likeness (QED) is 0.412. The Kier molecular flexibility index (Phi) is 5.44. The smallest absolute Gasteiger partial charge is 0.261 e. The largest absolute Gasteiger partial charge is 0.405 e. The maximum Gasteiger partial charge on any atom is 0.261 e. The molecule has 4 nitrogen and oxygen atoms in total. The lowest BCUT2D eigenvalue weighted by molar-refractivity contribution is 0.0723. The van der Waals surface area contributed by atoms with Crippen molar-refractivity contribution in [2.75, 3.05) is 6.61 Å². The molecule has 0 saturated carbocycles. The standard InChI is InChI=1S/C26H32O4Si/c1-7-21(27)25(5,6)23-26(30-23)22(29-26)18-28-31(24(2,3)4,19-14-10-8-11-15-19)20-16-12-9-13-17-20/h1,8-17,21-23,27H,18H2,2-6H3/t21-,22+,23+,26-/m1/s1. The van der Waals surface area contributed by atoms with Crippen LogP contribution >= 0.6 is 0 Å². The van der Waals surface area contributed by atoms with Crippen LogP contribution < -0.4 is 10.4 Å². The van der Waals surface area contributed by atoms with Crippen molar-refractivity contribution >= 4 is 18.7 Å². The average Bonchev–Trinajstić information content (AvgIpc) is 3.66. The maximum absolute atomic E-state index is 10.2. The van der Waals surface area contributed by atoms with Crippen molar-refractivity contribution < 1.29 is 19.0 Å². The van der Waals surface area contributed by atoms with E-state index in [1.165, 1.54) is 10.4 Å². The summed E-state index contributed by atoms with van der Waals surface area (Å²) in [5, 5.41) is 12.6. The molecule has 4 atom stereocenters. The van der Waals surface area contributed by atoms with E-state index in [9.17, 15) is 5.11 Å². The van der Waals surface area contributed by atoms with Crippen molar-refractivity contribution in [1.82, 2.24) is 0 Å². The van der Waals surface area contributed by atoms with Gasteiger partial charge in [0.15, 0.2) is 0 Å². The normalized spacial score (nSPS) is 26.4. The second-order valence-corrected chi connectivity index (χ2v) is 14.5. The molecule has 0 unspecified atom stereocenters. The lowest BCUT2D eigenvalue weighted by atomic mass is 9.81. The van der Waals surface area contributed by atoms with Crippen LogP contribution in [0.3, 0.4) is 0 Å². The van der Waals surface area contributed by atoms with Gasteiger partial charge in [-0.2, -0.15) is 0 Å².